The van der Waals surface area contributed by atoms with E-state index in [1.165, 1.54) is 27.4 Å². The quantitative estimate of drug-likeness (QED) is 0.341. The molecule has 0 atom stereocenters. The summed E-state index contributed by atoms with van der Waals surface area (Å²) < 4.78 is 33.8. The van der Waals surface area contributed by atoms with E-state index >= 15 is 0 Å². The molecule has 0 saturated heterocycles. The van der Waals surface area contributed by atoms with Gasteiger partial charge in [-0.05, 0) is 5.56 Å². The molecule has 0 N–H and O–H groups in total. The first-order valence-corrected chi connectivity index (χ1v) is 9.71. The van der Waals surface area contributed by atoms with Crippen LogP contribution < -0.4 is 10.2 Å². The van der Waals surface area contributed by atoms with Crippen LogP contribution in [-0.4, -0.2) is 28.1 Å². The molecule has 0 amide bonds. The zero-order valence-corrected chi connectivity index (χ0v) is 17.8. The molecule has 0 radical (unpaired) electrons. The number of benzene rings is 2. The molecule has 7 heteroatoms. The van der Waals surface area contributed by atoms with Crippen molar-refractivity contribution in [3.8, 4) is 5.75 Å². The summed E-state index contributed by atoms with van der Waals surface area (Å²) in [5.41, 5.74) is 1.17. The molecule has 0 aliphatic rings. The molecule has 164 valence electrons. The molecule has 0 unspecified atom stereocenters. The maximum absolute atomic E-state index is 13.0. The summed E-state index contributed by atoms with van der Waals surface area (Å²) >= 11 is 0. The van der Waals surface area contributed by atoms with Crippen molar-refractivity contribution < 1.29 is 28.1 Å². The van der Waals surface area contributed by atoms with Crippen LogP contribution in [0.4, 0.5) is 0 Å². The van der Waals surface area contributed by atoms with Gasteiger partial charge in [0.05, 0.1) is 0 Å². The first-order valence-electron chi connectivity index (χ1n) is 9.71. The molecule has 1 heterocycles. The summed E-state index contributed by atoms with van der Waals surface area (Å²) in [7, 11) is 4.47. The first-order chi connectivity index (χ1) is 15.1. The Kier molecular flexibility index (Phi) is 7.97. The fourth-order valence-corrected chi connectivity index (χ4v) is 3.20. The zero-order chi connectivity index (χ0) is 22.1. The van der Waals surface area contributed by atoms with E-state index in [4.69, 9.17) is 28.1 Å². The van der Waals surface area contributed by atoms with Crippen LogP contribution in [0.1, 0.15) is 22.6 Å². The van der Waals surface area contributed by atoms with Gasteiger partial charge in [0, 0.05) is 33.0 Å². The number of ether oxygens (including phenoxy) is 5. The van der Waals surface area contributed by atoms with E-state index in [1.54, 1.807) is 0 Å². The molecule has 0 spiro atoms. The summed E-state index contributed by atoms with van der Waals surface area (Å²) in [4.78, 5) is 13.0. The normalized spacial score (nSPS) is 11.5. The van der Waals surface area contributed by atoms with E-state index in [1.807, 2.05) is 60.7 Å². The van der Waals surface area contributed by atoms with Gasteiger partial charge in [-0.2, -0.15) is 0 Å². The van der Waals surface area contributed by atoms with E-state index in [0.717, 1.165) is 5.56 Å². The van der Waals surface area contributed by atoms with Crippen molar-refractivity contribution >= 4 is 0 Å². The summed E-state index contributed by atoms with van der Waals surface area (Å²) in [5.74, 6) is -1.10. The molecular formula is C24H26O7. The molecule has 3 rings (SSSR count). The second-order valence-electron chi connectivity index (χ2n) is 6.66. The smallest absolute Gasteiger partial charge is 0.259 e. The third kappa shape index (κ3) is 5.21. The summed E-state index contributed by atoms with van der Waals surface area (Å²) in [6, 6.07) is 20.1. The van der Waals surface area contributed by atoms with E-state index < -0.39 is 5.79 Å². The number of hydrogen-bond donors (Lipinski definition) is 0. The minimum absolute atomic E-state index is 0.00639. The van der Waals surface area contributed by atoms with Crippen molar-refractivity contribution in [3.05, 3.63) is 99.6 Å². The van der Waals surface area contributed by atoms with Crippen LogP contribution in [-0.2, 0) is 37.9 Å². The maximum atomic E-state index is 13.0. The highest BCUT2D eigenvalue weighted by atomic mass is 16.7. The van der Waals surface area contributed by atoms with Crippen LogP contribution in [0.15, 0.2) is 75.9 Å². The monoisotopic (exact) mass is 426 g/mol. The molecule has 0 aliphatic carbocycles. The van der Waals surface area contributed by atoms with Gasteiger partial charge in [-0.15, -0.1) is 0 Å². The Morgan fingerprint density at radius 2 is 1.52 bits per heavy atom. The molecule has 31 heavy (non-hydrogen) atoms. The second-order valence-corrected chi connectivity index (χ2v) is 6.66. The number of methoxy groups -OCH3 is 3. The van der Waals surface area contributed by atoms with Gasteiger partial charge in [-0.1, -0.05) is 60.7 Å². The van der Waals surface area contributed by atoms with Crippen molar-refractivity contribution in [2.75, 3.05) is 28.1 Å². The van der Waals surface area contributed by atoms with Crippen LogP contribution in [0.2, 0.25) is 0 Å². The average molecular weight is 426 g/mol. The first kappa shape index (κ1) is 22.7. The Morgan fingerprint density at radius 3 is 2.13 bits per heavy atom. The third-order valence-electron chi connectivity index (χ3n) is 4.65. The third-order valence-corrected chi connectivity index (χ3v) is 4.65. The van der Waals surface area contributed by atoms with E-state index in [-0.39, 0.29) is 36.9 Å². The van der Waals surface area contributed by atoms with Crippen molar-refractivity contribution in [3.63, 3.8) is 0 Å². The van der Waals surface area contributed by atoms with Crippen molar-refractivity contribution in [2.24, 2.45) is 0 Å². The van der Waals surface area contributed by atoms with Crippen molar-refractivity contribution in [2.45, 2.75) is 19.0 Å². The lowest BCUT2D eigenvalue weighted by atomic mass is 10.0. The Morgan fingerprint density at radius 1 is 0.871 bits per heavy atom. The number of hydrogen-bond acceptors (Lipinski definition) is 7. The Bertz CT molecular complexity index is 995. The predicted molar refractivity (Wildman–Crippen MR) is 114 cm³/mol. The lowest BCUT2D eigenvalue weighted by Gasteiger charge is -2.31. The minimum Gasteiger partial charge on any atom is -0.481 e. The molecule has 3 aromatic rings. The molecule has 0 saturated carbocycles. The zero-order valence-electron chi connectivity index (χ0n) is 17.8. The van der Waals surface area contributed by atoms with Gasteiger partial charge in [0.15, 0.2) is 0 Å². The van der Waals surface area contributed by atoms with E-state index in [2.05, 4.69) is 0 Å². The molecule has 0 fully saturated rings. The summed E-state index contributed by atoms with van der Waals surface area (Å²) in [6.45, 7) is 0.271. The predicted octanol–water partition coefficient (Wildman–Crippen LogP) is 3.83. The van der Waals surface area contributed by atoms with E-state index in [0.29, 0.717) is 11.3 Å². The van der Waals surface area contributed by atoms with Crippen LogP contribution >= 0.6 is 0 Å². The fourth-order valence-electron chi connectivity index (χ4n) is 3.20. The number of rotatable bonds is 11. The summed E-state index contributed by atoms with van der Waals surface area (Å²) in [5, 5.41) is 0. The Hall–Kier alpha value is -2.97. The highest BCUT2D eigenvalue weighted by molar-refractivity contribution is 5.38. The average Bonchev–Trinajstić information content (AvgIpc) is 2.81. The second kappa shape index (κ2) is 10.9. The largest absolute Gasteiger partial charge is 0.481 e. The standard InChI is InChI=1S/C24H26O7/c1-26-17-29-16-20-14-21(25)22(30-15-18-10-6-4-7-11-18)23(31-20)24(27-2,28-3)19-12-8-5-9-13-19/h4-14H,15-17H2,1-3H3. The Labute approximate surface area is 181 Å². The molecular weight excluding hydrogens is 400 g/mol. The van der Waals surface area contributed by atoms with Gasteiger partial charge in [0.1, 0.15) is 25.8 Å². The van der Waals surface area contributed by atoms with Crippen LogP contribution in [0.3, 0.4) is 0 Å². The highest BCUT2D eigenvalue weighted by Gasteiger charge is 2.42. The van der Waals surface area contributed by atoms with Gasteiger partial charge in [0.25, 0.3) is 5.79 Å². The Balaban J connectivity index is 2.09. The van der Waals surface area contributed by atoms with Crippen LogP contribution in [0.5, 0.6) is 5.75 Å². The SMILES string of the molecule is COCOCc1cc(=O)c(OCc2ccccc2)c(C(OC)(OC)c2ccccc2)o1. The van der Waals surface area contributed by atoms with E-state index in [9.17, 15) is 4.79 Å². The fraction of sp³-hybridized carbons (Fsp3) is 0.292. The topological polar surface area (TPSA) is 76.4 Å². The van der Waals surface area contributed by atoms with Crippen molar-refractivity contribution in [1.82, 2.24) is 0 Å². The lowest BCUT2D eigenvalue weighted by molar-refractivity contribution is -0.197. The van der Waals surface area contributed by atoms with Gasteiger partial charge in [-0.3, -0.25) is 4.79 Å². The van der Waals surface area contributed by atoms with Gasteiger partial charge >= 0.3 is 0 Å². The molecule has 2 aromatic carbocycles. The van der Waals surface area contributed by atoms with Gasteiger partial charge in [-0.25, -0.2) is 0 Å². The molecule has 7 nitrogen and oxygen atoms in total. The van der Waals surface area contributed by atoms with Crippen LogP contribution in [0, 0.1) is 0 Å². The van der Waals surface area contributed by atoms with Crippen molar-refractivity contribution in [1.29, 1.82) is 0 Å². The van der Waals surface area contributed by atoms with Gasteiger partial charge in [0.2, 0.25) is 16.9 Å². The maximum Gasteiger partial charge on any atom is 0.259 e. The lowest BCUT2D eigenvalue weighted by Crippen LogP contribution is -2.34. The van der Waals surface area contributed by atoms with Crippen LogP contribution in [0.25, 0.3) is 0 Å². The summed E-state index contributed by atoms with van der Waals surface area (Å²) in [6.07, 6.45) is 0. The molecule has 1 aromatic heterocycles. The molecule has 0 aliphatic heterocycles. The van der Waals surface area contributed by atoms with Gasteiger partial charge < -0.3 is 28.1 Å². The molecule has 0 bridgehead atoms. The minimum atomic E-state index is -1.50. The highest BCUT2D eigenvalue weighted by Crippen LogP contribution is 2.38.